The van der Waals surface area contributed by atoms with E-state index in [4.69, 9.17) is 0 Å². The zero-order valence-corrected chi connectivity index (χ0v) is 15.4. The van der Waals surface area contributed by atoms with E-state index < -0.39 is 11.7 Å². The van der Waals surface area contributed by atoms with Crippen LogP contribution in [0.4, 0.5) is 13.2 Å². The van der Waals surface area contributed by atoms with Crippen molar-refractivity contribution in [2.24, 2.45) is 0 Å². The molecule has 0 saturated heterocycles. The quantitative estimate of drug-likeness (QED) is 0.539. The molecule has 0 radical (unpaired) electrons. The summed E-state index contributed by atoms with van der Waals surface area (Å²) in [4.78, 5) is 0. The molecular formula is C24H20F3N. The van der Waals surface area contributed by atoms with Crippen LogP contribution in [0.3, 0.4) is 0 Å². The van der Waals surface area contributed by atoms with Crippen LogP contribution < -0.4 is 5.32 Å². The lowest BCUT2D eigenvalue weighted by atomic mass is 10.00. The van der Waals surface area contributed by atoms with Gasteiger partial charge in [0, 0.05) is 18.2 Å². The standard InChI is InChI=1S/C24H20F3N/c1-18(22-12-7-10-20-9-4-5-11-23(20)22)28-17-6-2-3-8-19-13-15-21(16-14-19)24(25,26)27/h2,4-7,9-16,18,28H,17H2,1H3/t18-/m1/s1. The van der Waals surface area contributed by atoms with Crippen LogP contribution >= 0.6 is 0 Å². The number of rotatable bonds is 4. The average molecular weight is 379 g/mol. The molecule has 0 fully saturated rings. The van der Waals surface area contributed by atoms with Gasteiger partial charge in [0.2, 0.25) is 0 Å². The Bertz CT molecular complexity index is 1020. The topological polar surface area (TPSA) is 12.0 Å². The Morgan fingerprint density at radius 2 is 1.68 bits per heavy atom. The number of hydrogen-bond acceptors (Lipinski definition) is 1. The van der Waals surface area contributed by atoms with E-state index in [9.17, 15) is 13.2 Å². The SMILES string of the molecule is C[C@@H](NCC=CC#Cc1ccc(C(F)(F)F)cc1)c1cccc2ccccc12. The fourth-order valence-electron chi connectivity index (χ4n) is 2.97. The van der Waals surface area contributed by atoms with Gasteiger partial charge in [-0.15, -0.1) is 0 Å². The monoisotopic (exact) mass is 379 g/mol. The highest BCUT2D eigenvalue weighted by Gasteiger charge is 2.29. The minimum Gasteiger partial charge on any atom is -0.307 e. The fraction of sp³-hybridized carbons (Fsp3) is 0.167. The maximum atomic E-state index is 12.5. The molecule has 1 N–H and O–H groups in total. The predicted octanol–water partition coefficient (Wildman–Crippen LogP) is 6.12. The lowest BCUT2D eigenvalue weighted by molar-refractivity contribution is -0.137. The first kappa shape index (κ1) is 19.7. The summed E-state index contributed by atoms with van der Waals surface area (Å²) in [5.74, 6) is 5.69. The molecule has 0 heterocycles. The third-order valence-corrected chi connectivity index (χ3v) is 4.46. The summed E-state index contributed by atoms with van der Waals surface area (Å²) >= 11 is 0. The van der Waals surface area contributed by atoms with Gasteiger partial charge in [0.05, 0.1) is 5.56 Å². The van der Waals surface area contributed by atoms with Crippen molar-refractivity contribution in [3.05, 3.63) is 95.6 Å². The summed E-state index contributed by atoms with van der Waals surface area (Å²) in [5, 5.41) is 5.88. The molecule has 142 valence electrons. The molecule has 0 aliphatic heterocycles. The molecule has 3 aromatic carbocycles. The molecular weight excluding hydrogens is 359 g/mol. The minimum atomic E-state index is -4.32. The van der Waals surface area contributed by atoms with Gasteiger partial charge in [0.25, 0.3) is 0 Å². The Morgan fingerprint density at radius 3 is 2.43 bits per heavy atom. The van der Waals surface area contributed by atoms with E-state index in [0.717, 1.165) is 12.1 Å². The van der Waals surface area contributed by atoms with Gasteiger partial charge in [0.1, 0.15) is 0 Å². The minimum absolute atomic E-state index is 0.179. The van der Waals surface area contributed by atoms with Crippen LogP contribution in [0.25, 0.3) is 10.8 Å². The summed E-state index contributed by atoms with van der Waals surface area (Å²) in [7, 11) is 0. The van der Waals surface area contributed by atoms with E-state index in [0.29, 0.717) is 12.1 Å². The first-order valence-corrected chi connectivity index (χ1v) is 9.00. The highest BCUT2D eigenvalue weighted by atomic mass is 19.4. The Morgan fingerprint density at radius 1 is 0.964 bits per heavy atom. The lowest BCUT2D eigenvalue weighted by Crippen LogP contribution is -2.18. The predicted molar refractivity (Wildman–Crippen MR) is 108 cm³/mol. The van der Waals surface area contributed by atoms with Crippen molar-refractivity contribution < 1.29 is 13.2 Å². The molecule has 1 nitrogen and oxygen atoms in total. The Kier molecular flexibility index (Phi) is 6.18. The van der Waals surface area contributed by atoms with Crippen molar-refractivity contribution >= 4 is 10.8 Å². The zero-order valence-electron chi connectivity index (χ0n) is 15.4. The molecule has 0 aliphatic rings. The van der Waals surface area contributed by atoms with Gasteiger partial charge in [-0.3, -0.25) is 0 Å². The molecule has 0 amide bonds. The first-order valence-electron chi connectivity index (χ1n) is 9.00. The second-order valence-corrected chi connectivity index (χ2v) is 6.45. The molecule has 0 aliphatic carbocycles. The number of allylic oxidation sites excluding steroid dienone is 1. The van der Waals surface area contributed by atoms with Crippen molar-refractivity contribution in [2.45, 2.75) is 19.1 Å². The van der Waals surface area contributed by atoms with E-state index in [1.165, 1.54) is 28.5 Å². The van der Waals surface area contributed by atoms with Crippen molar-refractivity contribution in [1.29, 1.82) is 0 Å². The Balaban J connectivity index is 1.55. The van der Waals surface area contributed by atoms with Gasteiger partial charge < -0.3 is 5.32 Å². The number of fused-ring (bicyclic) bond motifs is 1. The van der Waals surface area contributed by atoms with Crippen LogP contribution in [0.1, 0.15) is 29.7 Å². The smallest absolute Gasteiger partial charge is 0.307 e. The second kappa shape index (κ2) is 8.77. The van der Waals surface area contributed by atoms with Gasteiger partial charge in [-0.25, -0.2) is 0 Å². The number of hydrogen-bond donors (Lipinski definition) is 1. The molecule has 0 saturated carbocycles. The van der Waals surface area contributed by atoms with Gasteiger partial charge >= 0.3 is 6.18 Å². The Hall–Kier alpha value is -3.03. The molecule has 3 rings (SSSR count). The van der Waals surface area contributed by atoms with Crippen LogP contribution in [-0.4, -0.2) is 6.54 Å². The third-order valence-electron chi connectivity index (χ3n) is 4.46. The van der Waals surface area contributed by atoms with Crippen LogP contribution in [0.5, 0.6) is 0 Å². The maximum Gasteiger partial charge on any atom is 0.416 e. The summed E-state index contributed by atoms with van der Waals surface area (Å²) in [5.41, 5.74) is 1.12. The average Bonchev–Trinajstić information content (AvgIpc) is 2.69. The van der Waals surface area contributed by atoms with Crippen LogP contribution in [0, 0.1) is 11.8 Å². The first-order chi connectivity index (χ1) is 13.4. The maximum absolute atomic E-state index is 12.5. The van der Waals surface area contributed by atoms with Gasteiger partial charge in [0.15, 0.2) is 0 Å². The van der Waals surface area contributed by atoms with Crippen LogP contribution in [0.15, 0.2) is 78.9 Å². The zero-order chi connectivity index (χ0) is 20.0. The molecule has 0 unspecified atom stereocenters. The van der Waals surface area contributed by atoms with Crippen molar-refractivity contribution in [2.75, 3.05) is 6.54 Å². The van der Waals surface area contributed by atoms with Gasteiger partial charge in [-0.2, -0.15) is 13.2 Å². The highest BCUT2D eigenvalue weighted by Crippen LogP contribution is 2.29. The summed E-state index contributed by atoms with van der Waals surface area (Å²) in [6.07, 6.45) is -0.711. The number of benzene rings is 3. The van der Waals surface area contributed by atoms with E-state index in [2.05, 4.69) is 54.4 Å². The fourth-order valence-corrected chi connectivity index (χ4v) is 2.97. The largest absolute Gasteiger partial charge is 0.416 e. The van der Waals surface area contributed by atoms with Crippen LogP contribution in [-0.2, 0) is 6.18 Å². The molecule has 1 atom stereocenters. The molecule has 4 heteroatoms. The van der Waals surface area contributed by atoms with Crippen LogP contribution in [0.2, 0.25) is 0 Å². The van der Waals surface area contributed by atoms with E-state index >= 15 is 0 Å². The molecule has 0 spiro atoms. The highest BCUT2D eigenvalue weighted by molar-refractivity contribution is 5.86. The van der Waals surface area contributed by atoms with Gasteiger partial charge in [-0.05, 0) is 53.6 Å². The number of alkyl halides is 3. The van der Waals surface area contributed by atoms with Crippen molar-refractivity contribution in [3.63, 3.8) is 0 Å². The summed E-state index contributed by atoms with van der Waals surface area (Å²) in [6.45, 7) is 2.76. The van der Waals surface area contributed by atoms with E-state index in [1.54, 1.807) is 6.08 Å². The Labute approximate surface area is 162 Å². The third kappa shape index (κ3) is 5.03. The summed E-state index contributed by atoms with van der Waals surface area (Å²) < 4.78 is 37.6. The molecule has 28 heavy (non-hydrogen) atoms. The lowest BCUT2D eigenvalue weighted by Gasteiger charge is -2.15. The number of halogens is 3. The molecule has 0 aromatic heterocycles. The van der Waals surface area contributed by atoms with Crippen molar-refractivity contribution in [3.8, 4) is 11.8 Å². The normalized spacial score (nSPS) is 12.7. The van der Waals surface area contributed by atoms with E-state index in [1.807, 2.05) is 18.2 Å². The molecule has 3 aromatic rings. The molecule has 0 bridgehead atoms. The van der Waals surface area contributed by atoms with E-state index in [-0.39, 0.29) is 6.04 Å². The summed E-state index contributed by atoms with van der Waals surface area (Å²) in [6, 6.07) is 19.6. The number of nitrogens with one attached hydrogen (secondary N) is 1. The second-order valence-electron chi connectivity index (χ2n) is 6.45. The van der Waals surface area contributed by atoms with Crippen molar-refractivity contribution in [1.82, 2.24) is 5.32 Å². The van der Waals surface area contributed by atoms with Gasteiger partial charge in [-0.1, -0.05) is 60.4 Å².